The Labute approximate surface area is 122 Å². The summed E-state index contributed by atoms with van der Waals surface area (Å²) in [7, 11) is 0. The van der Waals surface area contributed by atoms with Crippen LogP contribution in [0.25, 0.3) is 0 Å². The van der Waals surface area contributed by atoms with Crippen molar-refractivity contribution in [3.05, 3.63) is 18.5 Å². The van der Waals surface area contributed by atoms with Gasteiger partial charge in [0.1, 0.15) is 0 Å². The Bertz CT molecular complexity index is 482. The van der Waals surface area contributed by atoms with Crippen LogP contribution < -0.4 is 15.8 Å². The van der Waals surface area contributed by atoms with Crippen molar-refractivity contribution >= 4 is 17.9 Å². The fourth-order valence-corrected chi connectivity index (χ4v) is 2.21. The highest BCUT2D eigenvalue weighted by molar-refractivity contribution is 5.81. The molecule has 2 amide bonds. The Balaban J connectivity index is 1.86. The van der Waals surface area contributed by atoms with Gasteiger partial charge in [0.05, 0.1) is 12.5 Å². The maximum Gasteiger partial charge on any atom is 0.426 e. The van der Waals surface area contributed by atoms with E-state index in [0.29, 0.717) is 12.5 Å². The quantitative estimate of drug-likeness (QED) is 0.786. The van der Waals surface area contributed by atoms with Gasteiger partial charge in [-0.25, -0.2) is 20.2 Å². The van der Waals surface area contributed by atoms with Gasteiger partial charge in [0.25, 0.3) is 0 Å². The molecule has 2 N–H and O–H groups in total. The zero-order valence-electron chi connectivity index (χ0n) is 11.9. The van der Waals surface area contributed by atoms with Gasteiger partial charge in [-0.05, 0) is 25.8 Å². The number of carbonyl (C=O) groups excluding carboxylic acids is 2. The van der Waals surface area contributed by atoms with Crippen LogP contribution in [0.2, 0.25) is 0 Å². The summed E-state index contributed by atoms with van der Waals surface area (Å²) < 4.78 is 4.67. The van der Waals surface area contributed by atoms with Gasteiger partial charge >= 0.3 is 6.09 Å². The number of hydrogen-bond acceptors (Lipinski definition) is 6. The second-order valence-electron chi connectivity index (χ2n) is 4.67. The van der Waals surface area contributed by atoms with Crippen molar-refractivity contribution in [1.29, 1.82) is 0 Å². The highest BCUT2D eigenvalue weighted by atomic mass is 16.5. The average Bonchev–Trinajstić information content (AvgIpc) is 2.54. The summed E-state index contributed by atoms with van der Waals surface area (Å²) in [5, 5.41) is 0. The summed E-state index contributed by atoms with van der Waals surface area (Å²) in [4.78, 5) is 33.5. The number of amides is 2. The molecule has 2 rings (SSSR count). The molecule has 1 aliphatic heterocycles. The molecule has 1 aromatic heterocycles. The molecule has 1 saturated heterocycles. The summed E-state index contributed by atoms with van der Waals surface area (Å²) in [6.45, 7) is 3.30. The van der Waals surface area contributed by atoms with E-state index in [0.717, 1.165) is 19.4 Å². The second kappa shape index (κ2) is 7.41. The average molecular weight is 293 g/mol. The molecule has 21 heavy (non-hydrogen) atoms. The second-order valence-corrected chi connectivity index (χ2v) is 4.67. The maximum absolute atomic E-state index is 12.0. The number of carbonyl (C=O) groups is 2. The molecule has 1 fully saturated rings. The lowest BCUT2D eigenvalue weighted by atomic mass is 9.98. The van der Waals surface area contributed by atoms with Crippen LogP contribution >= 0.6 is 0 Å². The summed E-state index contributed by atoms with van der Waals surface area (Å²) in [6, 6.07) is 1.75. The summed E-state index contributed by atoms with van der Waals surface area (Å²) in [5.41, 5.74) is 4.60. The number of ether oxygens (including phenoxy) is 1. The number of piperidine rings is 1. The number of nitrogens with one attached hydrogen (secondary N) is 2. The molecular weight excluding hydrogens is 274 g/mol. The third-order valence-electron chi connectivity index (χ3n) is 3.19. The molecule has 1 aliphatic rings. The molecule has 0 radical (unpaired) electrons. The zero-order valence-corrected chi connectivity index (χ0v) is 11.9. The lowest BCUT2D eigenvalue weighted by Gasteiger charge is -2.31. The van der Waals surface area contributed by atoms with Crippen LogP contribution in [0.3, 0.4) is 0 Å². The van der Waals surface area contributed by atoms with E-state index in [-0.39, 0.29) is 18.4 Å². The predicted octanol–water partition coefficient (Wildman–Crippen LogP) is 0.470. The van der Waals surface area contributed by atoms with Crippen LogP contribution in [0.1, 0.15) is 19.8 Å². The smallest absolute Gasteiger partial charge is 0.426 e. The Hall–Kier alpha value is -2.38. The van der Waals surface area contributed by atoms with E-state index in [1.807, 2.05) is 4.90 Å². The Kier molecular flexibility index (Phi) is 5.30. The number of rotatable bonds is 3. The van der Waals surface area contributed by atoms with Crippen molar-refractivity contribution in [2.75, 3.05) is 24.6 Å². The summed E-state index contributed by atoms with van der Waals surface area (Å²) in [5.74, 6) is 0.168. The fraction of sp³-hybridized carbons (Fsp3) is 0.538. The molecule has 0 bridgehead atoms. The summed E-state index contributed by atoms with van der Waals surface area (Å²) in [6.07, 6.45) is 4.32. The van der Waals surface area contributed by atoms with E-state index >= 15 is 0 Å². The highest BCUT2D eigenvalue weighted by Gasteiger charge is 2.27. The first-order valence-corrected chi connectivity index (χ1v) is 6.95. The third-order valence-corrected chi connectivity index (χ3v) is 3.19. The standard InChI is InChI=1S/C13H19N5O3/c1-2-21-13(20)17-16-11(19)10-5-3-8-18(9-10)12-14-6-4-7-15-12/h4,6-7,10H,2-3,5,8-9H2,1H3,(H,16,19)(H,17,20). The minimum Gasteiger partial charge on any atom is -0.449 e. The number of hydrogen-bond donors (Lipinski definition) is 2. The topological polar surface area (TPSA) is 96.5 Å². The van der Waals surface area contributed by atoms with E-state index in [1.54, 1.807) is 25.4 Å². The molecule has 0 saturated carbocycles. The van der Waals surface area contributed by atoms with E-state index in [2.05, 4.69) is 25.6 Å². The first-order chi connectivity index (χ1) is 10.2. The van der Waals surface area contributed by atoms with E-state index in [9.17, 15) is 9.59 Å². The lowest BCUT2D eigenvalue weighted by molar-refractivity contribution is -0.126. The molecule has 114 valence electrons. The molecule has 8 heteroatoms. The number of anilines is 1. The van der Waals surface area contributed by atoms with Crippen molar-refractivity contribution in [3.63, 3.8) is 0 Å². The number of hydrazine groups is 1. The van der Waals surface area contributed by atoms with Crippen LogP contribution in [0, 0.1) is 5.92 Å². The Morgan fingerprint density at radius 1 is 1.38 bits per heavy atom. The molecule has 0 spiro atoms. The summed E-state index contributed by atoms with van der Waals surface area (Å²) >= 11 is 0. The van der Waals surface area contributed by atoms with Crippen LogP contribution in [0.5, 0.6) is 0 Å². The molecule has 2 heterocycles. The maximum atomic E-state index is 12.0. The SMILES string of the molecule is CCOC(=O)NNC(=O)C1CCCN(c2ncccn2)C1. The Morgan fingerprint density at radius 3 is 2.86 bits per heavy atom. The minimum atomic E-state index is -0.662. The van der Waals surface area contributed by atoms with Crippen LogP contribution in [0.15, 0.2) is 18.5 Å². The minimum absolute atomic E-state index is 0.218. The molecule has 0 aliphatic carbocycles. The van der Waals surface area contributed by atoms with Crippen LogP contribution in [0.4, 0.5) is 10.7 Å². The van der Waals surface area contributed by atoms with Crippen LogP contribution in [-0.2, 0) is 9.53 Å². The van der Waals surface area contributed by atoms with E-state index < -0.39 is 6.09 Å². The first-order valence-electron chi connectivity index (χ1n) is 6.95. The van der Waals surface area contributed by atoms with Crippen molar-refractivity contribution in [2.24, 2.45) is 5.92 Å². The predicted molar refractivity (Wildman–Crippen MR) is 75.3 cm³/mol. The van der Waals surface area contributed by atoms with Gasteiger partial charge in [-0.2, -0.15) is 0 Å². The largest absolute Gasteiger partial charge is 0.449 e. The van der Waals surface area contributed by atoms with Gasteiger partial charge in [0.2, 0.25) is 11.9 Å². The molecule has 1 atom stereocenters. The van der Waals surface area contributed by atoms with E-state index in [1.165, 1.54) is 0 Å². The normalized spacial score (nSPS) is 18.0. The Morgan fingerprint density at radius 2 is 2.14 bits per heavy atom. The van der Waals surface area contributed by atoms with Crippen molar-refractivity contribution in [3.8, 4) is 0 Å². The number of aromatic nitrogens is 2. The van der Waals surface area contributed by atoms with Crippen molar-refractivity contribution < 1.29 is 14.3 Å². The highest BCUT2D eigenvalue weighted by Crippen LogP contribution is 2.19. The lowest BCUT2D eigenvalue weighted by Crippen LogP contribution is -2.49. The molecule has 0 aromatic carbocycles. The van der Waals surface area contributed by atoms with Gasteiger partial charge in [-0.3, -0.25) is 10.2 Å². The first kappa shape index (κ1) is 15.0. The van der Waals surface area contributed by atoms with Gasteiger partial charge < -0.3 is 9.64 Å². The van der Waals surface area contributed by atoms with E-state index in [4.69, 9.17) is 0 Å². The van der Waals surface area contributed by atoms with Crippen molar-refractivity contribution in [1.82, 2.24) is 20.8 Å². The molecule has 1 unspecified atom stereocenters. The molecule has 8 nitrogen and oxygen atoms in total. The van der Waals surface area contributed by atoms with Crippen molar-refractivity contribution in [2.45, 2.75) is 19.8 Å². The number of nitrogens with zero attached hydrogens (tertiary/aromatic N) is 3. The van der Waals surface area contributed by atoms with Gasteiger partial charge in [-0.15, -0.1) is 0 Å². The van der Waals surface area contributed by atoms with Gasteiger partial charge in [0.15, 0.2) is 0 Å². The monoisotopic (exact) mass is 293 g/mol. The zero-order chi connectivity index (χ0) is 15.1. The van der Waals surface area contributed by atoms with Crippen LogP contribution in [-0.4, -0.2) is 41.7 Å². The third kappa shape index (κ3) is 4.30. The van der Waals surface area contributed by atoms with Gasteiger partial charge in [0, 0.05) is 25.5 Å². The molecular formula is C13H19N5O3. The molecule has 1 aromatic rings. The van der Waals surface area contributed by atoms with Gasteiger partial charge in [-0.1, -0.05) is 0 Å². The fourth-order valence-electron chi connectivity index (χ4n) is 2.21.